The van der Waals surface area contributed by atoms with E-state index in [9.17, 15) is 4.79 Å². The highest BCUT2D eigenvalue weighted by Gasteiger charge is 2.21. The fourth-order valence-corrected chi connectivity index (χ4v) is 5.79. The van der Waals surface area contributed by atoms with E-state index in [1.807, 2.05) is 13.0 Å². The van der Waals surface area contributed by atoms with E-state index in [2.05, 4.69) is 76.5 Å². The number of morpholine rings is 1. The van der Waals surface area contributed by atoms with E-state index in [0.717, 1.165) is 30.7 Å². The van der Waals surface area contributed by atoms with Crippen molar-refractivity contribution in [3.05, 3.63) is 81.4 Å². The molecule has 0 spiro atoms. The number of anilines is 2. The van der Waals surface area contributed by atoms with E-state index < -0.39 is 0 Å². The number of nitrogens with zero attached hydrogens (tertiary/aromatic N) is 5. The summed E-state index contributed by atoms with van der Waals surface area (Å²) in [6.07, 6.45) is 1.10. The lowest BCUT2D eigenvalue weighted by Crippen LogP contribution is -2.40. The van der Waals surface area contributed by atoms with Gasteiger partial charge in [0.1, 0.15) is 23.0 Å². The van der Waals surface area contributed by atoms with E-state index in [4.69, 9.17) is 9.72 Å². The lowest BCUT2D eigenvalue weighted by Gasteiger charge is -2.29. The van der Waals surface area contributed by atoms with Crippen molar-refractivity contribution >= 4 is 22.5 Å². The maximum absolute atomic E-state index is 13.2. The Balaban J connectivity index is 1.31. The van der Waals surface area contributed by atoms with Crippen LogP contribution in [0.4, 0.5) is 11.5 Å². The number of aryl methyl sites for hydroxylation is 2. The summed E-state index contributed by atoms with van der Waals surface area (Å²) in [4.78, 5) is 27.1. The summed E-state index contributed by atoms with van der Waals surface area (Å²) < 4.78 is 7.14. The van der Waals surface area contributed by atoms with Crippen molar-refractivity contribution in [1.29, 1.82) is 0 Å². The Labute approximate surface area is 229 Å². The quantitative estimate of drug-likeness (QED) is 0.417. The van der Waals surface area contributed by atoms with Crippen LogP contribution in [0.15, 0.2) is 53.3 Å². The van der Waals surface area contributed by atoms with Gasteiger partial charge in [0.15, 0.2) is 0 Å². The van der Waals surface area contributed by atoms with Crippen LogP contribution in [-0.4, -0.2) is 59.3 Å². The van der Waals surface area contributed by atoms with Gasteiger partial charge >= 0.3 is 0 Å². The maximum atomic E-state index is 13.2. The van der Waals surface area contributed by atoms with E-state index in [0.29, 0.717) is 43.5 Å². The Hall–Kier alpha value is -3.75. The number of ether oxygens (including phenoxy) is 1. The number of hydrogen-bond acceptors (Lipinski definition) is 7. The first-order valence-electron chi connectivity index (χ1n) is 13.8. The SMILES string of the molecule is Cc1nc(N[C@H](C)c2ccc(-c3cccc4c3CN(C)CC4)cc2)c2cc(N3CCOCC3)c(=O)n(C)c2n1. The molecule has 2 aromatic carbocycles. The molecule has 1 saturated heterocycles. The van der Waals surface area contributed by atoms with Crippen LogP contribution < -0.4 is 15.8 Å². The van der Waals surface area contributed by atoms with Gasteiger partial charge in [0.2, 0.25) is 0 Å². The number of rotatable bonds is 5. The number of aromatic nitrogens is 3. The molecule has 4 aromatic rings. The van der Waals surface area contributed by atoms with E-state index >= 15 is 0 Å². The predicted molar refractivity (Wildman–Crippen MR) is 157 cm³/mol. The monoisotopic (exact) mass is 524 g/mol. The summed E-state index contributed by atoms with van der Waals surface area (Å²) >= 11 is 0. The standard InChI is InChI=1S/C31H36N6O2/c1-20(22-8-10-24(11-9-22)25-7-5-6-23-12-13-35(3)19-27(23)25)32-29-26-18-28(37-14-16-39-17-15-37)31(38)36(4)30(26)34-21(2)33-29/h5-11,18,20H,12-17,19H2,1-4H3,(H,32,33,34)/t20-/m1/s1. The van der Waals surface area contributed by atoms with E-state index in [1.54, 1.807) is 11.6 Å². The maximum Gasteiger partial charge on any atom is 0.275 e. The molecule has 0 aliphatic carbocycles. The van der Waals surface area contributed by atoms with Gasteiger partial charge in [0, 0.05) is 39.3 Å². The minimum absolute atomic E-state index is 0.0106. The van der Waals surface area contributed by atoms with Crippen LogP contribution in [0, 0.1) is 6.92 Å². The van der Waals surface area contributed by atoms with Gasteiger partial charge in [0.05, 0.1) is 18.6 Å². The molecule has 0 unspecified atom stereocenters. The number of nitrogens with one attached hydrogen (secondary N) is 1. The first kappa shape index (κ1) is 25.5. The van der Waals surface area contributed by atoms with Crippen molar-refractivity contribution in [1.82, 2.24) is 19.4 Å². The lowest BCUT2D eigenvalue weighted by molar-refractivity contribution is 0.122. The summed E-state index contributed by atoms with van der Waals surface area (Å²) in [5.74, 6) is 1.36. The van der Waals surface area contributed by atoms with Gasteiger partial charge < -0.3 is 19.9 Å². The summed E-state index contributed by atoms with van der Waals surface area (Å²) in [5.41, 5.74) is 7.88. The third-order valence-corrected chi connectivity index (χ3v) is 8.05. The van der Waals surface area contributed by atoms with Crippen molar-refractivity contribution < 1.29 is 4.74 Å². The molecular formula is C31H36N6O2. The number of pyridine rings is 1. The summed E-state index contributed by atoms with van der Waals surface area (Å²) in [6.45, 7) is 8.72. The molecule has 0 radical (unpaired) electrons. The first-order chi connectivity index (χ1) is 18.9. The average Bonchev–Trinajstić information content (AvgIpc) is 2.95. The molecule has 1 atom stereocenters. The Morgan fingerprint density at radius 1 is 1.00 bits per heavy atom. The molecule has 4 heterocycles. The van der Waals surface area contributed by atoms with E-state index in [-0.39, 0.29) is 11.6 Å². The molecular weight excluding hydrogens is 488 g/mol. The van der Waals surface area contributed by atoms with Gasteiger partial charge in [-0.3, -0.25) is 9.36 Å². The second-order valence-corrected chi connectivity index (χ2v) is 10.8. The van der Waals surface area contributed by atoms with Gasteiger partial charge in [-0.2, -0.15) is 0 Å². The highest BCUT2D eigenvalue weighted by atomic mass is 16.5. The molecule has 1 fully saturated rings. The largest absolute Gasteiger partial charge is 0.378 e. The van der Waals surface area contributed by atoms with Crippen LogP contribution in [0.3, 0.4) is 0 Å². The van der Waals surface area contributed by atoms with Gasteiger partial charge in [0.25, 0.3) is 5.56 Å². The summed E-state index contributed by atoms with van der Waals surface area (Å²) in [5, 5.41) is 4.46. The molecule has 2 aliphatic heterocycles. The first-order valence-corrected chi connectivity index (χ1v) is 13.8. The molecule has 0 saturated carbocycles. The van der Waals surface area contributed by atoms with Gasteiger partial charge in [-0.1, -0.05) is 42.5 Å². The third-order valence-electron chi connectivity index (χ3n) is 8.05. The minimum Gasteiger partial charge on any atom is -0.378 e. The second kappa shape index (κ2) is 10.4. The smallest absolute Gasteiger partial charge is 0.275 e. The molecule has 202 valence electrons. The molecule has 6 rings (SSSR count). The highest BCUT2D eigenvalue weighted by molar-refractivity contribution is 5.89. The molecule has 8 nitrogen and oxygen atoms in total. The topological polar surface area (TPSA) is 75.5 Å². The van der Waals surface area contributed by atoms with Crippen molar-refractivity contribution in [2.45, 2.75) is 32.9 Å². The average molecular weight is 525 g/mol. The minimum atomic E-state index is -0.0496. The fourth-order valence-electron chi connectivity index (χ4n) is 5.79. The zero-order valence-corrected chi connectivity index (χ0v) is 23.2. The van der Waals surface area contributed by atoms with Crippen LogP contribution in [0.25, 0.3) is 22.2 Å². The molecule has 2 aliphatic rings. The summed E-state index contributed by atoms with van der Waals surface area (Å²) in [6, 6.07) is 17.5. The van der Waals surface area contributed by atoms with Crippen LogP contribution in [0.2, 0.25) is 0 Å². The van der Waals surface area contributed by atoms with Crippen LogP contribution >= 0.6 is 0 Å². The van der Waals surface area contributed by atoms with Crippen molar-refractivity contribution in [3.8, 4) is 11.1 Å². The number of benzene rings is 2. The van der Waals surface area contributed by atoms with Crippen LogP contribution in [0.5, 0.6) is 0 Å². The summed E-state index contributed by atoms with van der Waals surface area (Å²) in [7, 11) is 3.98. The Morgan fingerprint density at radius 3 is 2.54 bits per heavy atom. The Morgan fingerprint density at radius 2 is 1.77 bits per heavy atom. The number of fused-ring (bicyclic) bond motifs is 2. The van der Waals surface area contributed by atoms with Crippen molar-refractivity contribution in [3.63, 3.8) is 0 Å². The molecule has 0 bridgehead atoms. The molecule has 8 heteroatoms. The van der Waals surface area contributed by atoms with Gasteiger partial charge in [-0.05, 0) is 61.2 Å². The second-order valence-electron chi connectivity index (χ2n) is 10.8. The van der Waals surface area contributed by atoms with Gasteiger partial charge in [-0.25, -0.2) is 9.97 Å². The van der Waals surface area contributed by atoms with Crippen LogP contribution in [0.1, 0.15) is 35.5 Å². The van der Waals surface area contributed by atoms with Crippen molar-refractivity contribution in [2.24, 2.45) is 7.05 Å². The third kappa shape index (κ3) is 4.90. The molecule has 1 N–H and O–H groups in total. The molecule has 0 amide bonds. The highest BCUT2D eigenvalue weighted by Crippen LogP contribution is 2.32. The van der Waals surface area contributed by atoms with Gasteiger partial charge in [-0.15, -0.1) is 0 Å². The van der Waals surface area contributed by atoms with E-state index in [1.165, 1.54) is 27.8 Å². The molecule has 2 aromatic heterocycles. The Bertz CT molecular complexity index is 1570. The zero-order chi connectivity index (χ0) is 27.1. The number of likely N-dealkylation sites (N-methyl/N-ethyl adjacent to an activating group) is 1. The van der Waals surface area contributed by atoms with Crippen molar-refractivity contribution in [2.75, 3.05) is 50.1 Å². The Kier molecular flexibility index (Phi) is 6.83. The normalized spacial score (nSPS) is 16.8. The zero-order valence-electron chi connectivity index (χ0n) is 23.2. The predicted octanol–water partition coefficient (Wildman–Crippen LogP) is 4.30. The lowest BCUT2D eigenvalue weighted by atomic mass is 9.91. The van der Waals surface area contributed by atoms with Crippen LogP contribution in [-0.2, 0) is 24.8 Å². The fraction of sp³-hybridized carbons (Fsp3) is 0.387. The molecule has 39 heavy (non-hydrogen) atoms. The number of hydrogen-bond donors (Lipinski definition) is 1.